The van der Waals surface area contributed by atoms with Crippen molar-refractivity contribution < 1.29 is 4.39 Å². The monoisotopic (exact) mass is 416 g/mol. The minimum Gasteiger partial charge on any atom is -0.271 e. The highest BCUT2D eigenvalue weighted by atomic mass is 79.9. The topological polar surface area (TPSA) is 17.8 Å². The fourth-order valence-electron chi connectivity index (χ4n) is 2.49. The molecule has 21 heavy (non-hydrogen) atoms. The summed E-state index contributed by atoms with van der Waals surface area (Å²) in [7, 11) is 1.98. The average molecular weight is 418 g/mol. The van der Waals surface area contributed by atoms with Gasteiger partial charge < -0.3 is 0 Å². The summed E-state index contributed by atoms with van der Waals surface area (Å²) >= 11 is 7.24. The molecule has 2 aromatic rings. The van der Waals surface area contributed by atoms with E-state index in [0.717, 1.165) is 40.3 Å². The average Bonchev–Trinajstić information content (AvgIpc) is 2.73. The number of alkyl halides is 1. The molecular formula is C16H19Br2FN2. The third-order valence-corrected chi connectivity index (χ3v) is 5.45. The second-order valence-corrected chi connectivity index (χ2v) is 6.68. The van der Waals surface area contributed by atoms with Gasteiger partial charge in [-0.15, -0.1) is 0 Å². The maximum Gasteiger partial charge on any atom is 0.123 e. The molecule has 0 fully saturated rings. The lowest BCUT2D eigenvalue weighted by molar-refractivity contribution is 0.552. The summed E-state index contributed by atoms with van der Waals surface area (Å²) in [5.74, 6) is 0.235. The first-order chi connectivity index (χ1) is 10.0. The van der Waals surface area contributed by atoms with E-state index in [-0.39, 0.29) is 5.82 Å². The molecular weight excluding hydrogens is 399 g/mol. The second kappa shape index (κ2) is 7.54. The van der Waals surface area contributed by atoms with E-state index in [4.69, 9.17) is 0 Å². The van der Waals surface area contributed by atoms with Gasteiger partial charge in [0.1, 0.15) is 5.82 Å². The van der Waals surface area contributed by atoms with Crippen molar-refractivity contribution in [3.05, 3.63) is 51.5 Å². The van der Waals surface area contributed by atoms with E-state index in [9.17, 15) is 4.39 Å². The Morgan fingerprint density at radius 1 is 1.33 bits per heavy atom. The van der Waals surface area contributed by atoms with Crippen molar-refractivity contribution in [2.45, 2.75) is 26.2 Å². The number of aromatic nitrogens is 2. The largest absolute Gasteiger partial charge is 0.271 e. The number of nitrogens with zero attached hydrogens (tertiary/aromatic N) is 2. The van der Waals surface area contributed by atoms with Crippen LogP contribution in [-0.4, -0.2) is 15.1 Å². The summed E-state index contributed by atoms with van der Waals surface area (Å²) < 4.78 is 16.4. The fourth-order valence-corrected chi connectivity index (χ4v) is 3.73. The van der Waals surface area contributed by atoms with Gasteiger partial charge in [0.15, 0.2) is 0 Å². The molecule has 0 aliphatic rings. The Balaban J connectivity index is 2.14. The quantitative estimate of drug-likeness (QED) is 0.624. The molecule has 1 aromatic heterocycles. The molecule has 5 heteroatoms. The summed E-state index contributed by atoms with van der Waals surface area (Å²) in [6.45, 7) is 2.10. The van der Waals surface area contributed by atoms with Gasteiger partial charge in [-0.1, -0.05) is 35.0 Å². The smallest absolute Gasteiger partial charge is 0.123 e. The highest BCUT2D eigenvalue weighted by Gasteiger charge is 2.17. The third-order valence-electron chi connectivity index (χ3n) is 3.62. The van der Waals surface area contributed by atoms with Crippen LogP contribution in [0.25, 0.3) is 0 Å². The molecule has 0 saturated carbocycles. The number of aryl methyl sites for hydroxylation is 2. The predicted molar refractivity (Wildman–Crippen MR) is 91.4 cm³/mol. The molecule has 0 saturated heterocycles. The first-order valence-electron chi connectivity index (χ1n) is 7.05. The summed E-state index contributed by atoms with van der Waals surface area (Å²) in [4.78, 5) is 0. The highest BCUT2D eigenvalue weighted by Crippen LogP contribution is 2.26. The van der Waals surface area contributed by atoms with Gasteiger partial charge in [0.2, 0.25) is 0 Å². The Kier molecular flexibility index (Phi) is 5.99. The zero-order valence-corrected chi connectivity index (χ0v) is 15.4. The molecule has 1 atom stereocenters. The van der Waals surface area contributed by atoms with Crippen molar-refractivity contribution in [1.29, 1.82) is 0 Å². The molecule has 2 nitrogen and oxygen atoms in total. The highest BCUT2D eigenvalue weighted by molar-refractivity contribution is 9.10. The van der Waals surface area contributed by atoms with Crippen LogP contribution in [0.2, 0.25) is 0 Å². The van der Waals surface area contributed by atoms with Gasteiger partial charge in [-0.05, 0) is 58.8 Å². The van der Waals surface area contributed by atoms with E-state index in [0.29, 0.717) is 5.92 Å². The Bertz CT molecular complexity index is 610. The third kappa shape index (κ3) is 4.16. The lowest BCUT2D eigenvalue weighted by Crippen LogP contribution is -2.13. The number of benzene rings is 1. The summed E-state index contributed by atoms with van der Waals surface area (Å²) in [6, 6.07) is 6.85. The maximum absolute atomic E-state index is 13.3. The van der Waals surface area contributed by atoms with E-state index >= 15 is 0 Å². The molecule has 0 aliphatic carbocycles. The number of hydrogen-bond acceptors (Lipinski definition) is 1. The molecule has 0 radical (unpaired) electrons. The molecule has 1 unspecified atom stereocenters. The van der Waals surface area contributed by atoms with Gasteiger partial charge >= 0.3 is 0 Å². The van der Waals surface area contributed by atoms with E-state index in [2.05, 4.69) is 43.9 Å². The van der Waals surface area contributed by atoms with Crippen molar-refractivity contribution in [3.8, 4) is 0 Å². The number of rotatable bonds is 6. The van der Waals surface area contributed by atoms with Crippen LogP contribution in [0.5, 0.6) is 0 Å². The van der Waals surface area contributed by atoms with Crippen LogP contribution in [0.3, 0.4) is 0 Å². The molecule has 1 aromatic carbocycles. The molecule has 0 aliphatic heterocycles. The van der Waals surface area contributed by atoms with Crippen molar-refractivity contribution in [2.24, 2.45) is 13.0 Å². The first kappa shape index (κ1) is 16.7. The normalized spacial score (nSPS) is 12.6. The Morgan fingerprint density at radius 2 is 2.10 bits per heavy atom. The van der Waals surface area contributed by atoms with Gasteiger partial charge in [0, 0.05) is 12.4 Å². The Labute approximate surface area is 142 Å². The minimum atomic E-state index is -0.171. The fraction of sp³-hybridized carbons (Fsp3) is 0.438. The number of hydrogen-bond donors (Lipinski definition) is 0. The van der Waals surface area contributed by atoms with Crippen LogP contribution < -0.4 is 0 Å². The van der Waals surface area contributed by atoms with Gasteiger partial charge in [0.25, 0.3) is 0 Å². The molecule has 114 valence electrons. The lowest BCUT2D eigenvalue weighted by atomic mass is 9.96. The summed E-state index contributed by atoms with van der Waals surface area (Å²) in [6.07, 6.45) is 2.67. The maximum atomic E-state index is 13.3. The number of halogens is 3. The minimum absolute atomic E-state index is 0.171. The van der Waals surface area contributed by atoms with E-state index < -0.39 is 0 Å². The van der Waals surface area contributed by atoms with Gasteiger partial charge in [0.05, 0.1) is 15.9 Å². The predicted octanol–water partition coefficient (Wildman–Crippen LogP) is 4.68. The van der Waals surface area contributed by atoms with Crippen molar-refractivity contribution in [2.75, 3.05) is 5.33 Å². The summed E-state index contributed by atoms with van der Waals surface area (Å²) in [5.41, 5.74) is 3.33. The SMILES string of the molecule is CCc1nn(C)c(CC(CBr)Cc2cccc(F)c2)c1Br. The molecule has 0 spiro atoms. The van der Waals surface area contributed by atoms with E-state index in [1.807, 2.05) is 17.8 Å². The van der Waals surface area contributed by atoms with Crippen LogP contribution in [-0.2, 0) is 26.3 Å². The van der Waals surface area contributed by atoms with E-state index in [1.165, 1.54) is 11.8 Å². The van der Waals surface area contributed by atoms with Crippen LogP contribution in [0.1, 0.15) is 23.9 Å². The molecule has 0 bridgehead atoms. The zero-order chi connectivity index (χ0) is 15.4. The van der Waals surface area contributed by atoms with Crippen molar-refractivity contribution in [1.82, 2.24) is 9.78 Å². The van der Waals surface area contributed by atoms with Crippen LogP contribution in [0, 0.1) is 11.7 Å². The van der Waals surface area contributed by atoms with Gasteiger partial charge in [-0.25, -0.2) is 4.39 Å². The Hall–Kier alpha value is -0.680. The van der Waals surface area contributed by atoms with Crippen LogP contribution in [0.15, 0.2) is 28.7 Å². The molecule has 1 heterocycles. The lowest BCUT2D eigenvalue weighted by Gasteiger charge is -2.15. The van der Waals surface area contributed by atoms with Crippen molar-refractivity contribution in [3.63, 3.8) is 0 Å². The van der Waals surface area contributed by atoms with Gasteiger partial charge in [-0.3, -0.25) is 4.68 Å². The molecule has 0 N–H and O–H groups in total. The van der Waals surface area contributed by atoms with E-state index in [1.54, 1.807) is 12.1 Å². The van der Waals surface area contributed by atoms with Crippen LogP contribution >= 0.6 is 31.9 Å². The second-order valence-electron chi connectivity index (χ2n) is 5.24. The molecule has 2 rings (SSSR count). The Morgan fingerprint density at radius 3 is 2.67 bits per heavy atom. The first-order valence-corrected chi connectivity index (χ1v) is 8.97. The van der Waals surface area contributed by atoms with Gasteiger partial charge in [-0.2, -0.15) is 5.10 Å². The molecule has 0 amide bonds. The summed E-state index contributed by atoms with van der Waals surface area (Å²) in [5, 5.41) is 5.41. The standard InChI is InChI=1S/C16H19Br2FN2/c1-3-14-16(18)15(21(2)20-14)9-12(10-17)7-11-5-4-6-13(19)8-11/h4-6,8,12H,3,7,9-10H2,1-2H3. The van der Waals surface area contributed by atoms with Crippen molar-refractivity contribution >= 4 is 31.9 Å². The van der Waals surface area contributed by atoms with Crippen LogP contribution in [0.4, 0.5) is 4.39 Å². The zero-order valence-electron chi connectivity index (χ0n) is 12.2.